The lowest BCUT2D eigenvalue weighted by atomic mass is 10.1. The number of nitrogens with zero attached hydrogens (tertiary/aromatic N) is 1. The third-order valence-electron chi connectivity index (χ3n) is 5.20. The number of nitrogens with one attached hydrogen (secondary N) is 1. The second-order valence-electron chi connectivity index (χ2n) is 7.29. The summed E-state index contributed by atoms with van der Waals surface area (Å²) in [5, 5.41) is 2.54. The highest BCUT2D eigenvalue weighted by atomic mass is 32.2. The van der Waals surface area contributed by atoms with Crippen LogP contribution in [-0.2, 0) is 22.3 Å². The number of carbonyl (C=O) groups excluding carboxylic acids is 3. The Hall–Kier alpha value is -2.81. The van der Waals surface area contributed by atoms with E-state index in [0.717, 1.165) is 35.0 Å². The van der Waals surface area contributed by atoms with E-state index in [-0.39, 0.29) is 41.2 Å². The van der Waals surface area contributed by atoms with E-state index in [2.05, 4.69) is 5.32 Å². The maximum absolute atomic E-state index is 12.7. The van der Waals surface area contributed by atoms with Gasteiger partial charge in [-0.05, 0) is 47.7 Å². The first-order valence-corrected chi connectivity index (χ1v) is 10.2. The fraction of sp³-hybridized carbons (Fsp3) is 0.286. The van der Waals surface area contributed by atoms with Gasteiger partial charge in [-0.15, -0.1) is 0 Å². The molecule has 0 bridgehead atoms. The summed E-state index contributed by atoms with van der Waals surface area (Å²) in [5.41, 5.74) is 1.36. The van der Waals surface area contributed by atoms with Crippen molar-refractivity contribution in [3.8, 4) is 0 Å². The second kappa shape index (κ2) is 7.79. The summed E-state index contributed by atoms with van der Waals surface area (Å²) in [5.74, 6) is -0.608. The highest BCUT2D eigenvalue weighted by Crippen LogP contribution is 2.48. The molecule has 0 radical (unpaired) electrons. The van der Waals surface area contributed by atoms with Gasteiger partial charge in [0, 0.05) is 11.6 Å². The van der Waals surface area contributed by atoms with Gasteiger partial charge in [0.1, 0.15) is 0 Å². The number of hydrogen-bond donors (Lipinski definition) is 1. The minimum atomic E-state index is -4.38. The molecule has 2 atom stereocenters. The topological polar surface area (TPSA) is 66.5 Å². The van der Waals surface area contributed by atoms with Crippen LogP contribution >= 0.6 is 11.8 Å². The molecule has 5 nitrogen and oxygen atoms in total. The summed E-state index contributed by atoms with van der Waals surface area (Å²) >= 11 is 0.979. The van der Waals surface area contributed by atoms with Crippen molar-refractivity contribution in [2.75, 3.05) is 11.1 Å². The SMILES string of the molecule is O=C(Nc1ccc(CN2C(=O)CSC2=O)cc1)C1CC1c1ccc(C(F)(F)F)cc1. The molecule has 3 amide bonds. The predicted molar refractivity (Wildman–Crippen MR) is 106 cm³/mol. The molecule has 156 valence electrons. The molecule has 0 spiro atoms. The van der Waals surface area contributed by atoms with Gasteiger partial charge in [-0.25, -0.2) is 0 Å². The highest BCUT2D eigenvalue weighted by Gasteiger charge is 2.44. The van der Waals surface area contributed by atoms with Crippen molar-refractivity contribution < 1.29 is 27.6 Å². The minimum Gasteiger partial charge on any atom is -0.326 e. The van der Waals surface area contributed by atoms with Crippen molar-refractivity contribution in [2.45, 2.75) is 25.1 Å². The van der Waals surface area contributed by atoms with Crippen molar-refractivity contribution in [3.63, 3.8) is 0 Å². The fourth-order valence-corrected chi connectivity index (χ4v) is 4.14. The van der Waals surface area contributed by atoms with E-state index in [1.54, 1.807) is 24.3 Å². The molecule has 30 heavy (non-hydrogen) atoms. The Labute approximate surface area is 174 Å². The van der Waals surface area contributed by atoms with Crippen molar-refractivity contribution in [1.29, 1.82) is 0 Å². The molecule has 1 aliphatic heterocycles. The molecule has 2 aromatic rings. The summed E-state index contributed by atoms with van der Waals surface area (Å²) in [6.45, 7) is 0.192. The first-order chi connectivity index (χ1) is 14.2. The number of alkyl halides is 3. The van der Waals surface area contributed by atoms with Gasteiger partial charge in [-0.1, -0.05) is 36.0 Å². The summed E-state index contributed by atoms with van der Waals surface area (Å²) in [6, 6.07) is 11.8. The van der Waals surface area contributed by atoms with Crippen molar-refractivity contribution in [1.82, 2.24) is 4.90 Å². The number of rotatable bonds is 5. The Morgan fingerprint density at radius 2 is 1.73 bits per heavy atom. The van der Waals surface area contributed by atoms with Gasteiger partial charge in [-0.3, -0.25) is 19.3 Å². The van der Waals surface area contributed by atoms with Crippen LogP contribution in [0, 0.1) is 5.92 Å². The maximum atomic E-state index is 12.7. The number of benzene rings is 2. The summed E-state index contributed by atoms with van der Waals surface area (Å²) in [4.78, 5) is 37.0. The zero-order valence-electron chi connectivity index (χ0n) is 15.6. The highest BCUT2D eigenvalue weighted by molar-refractivity contribution is 8.14. The Bertz CT molecular complexity index is 974. The smallest absolute Gasteiger partial charge is 0.326 e. The van der Waals surface area contributed by atoms with Crippen LogP contribution in [0.5, 0.6) is 0 Å². The van der Waals surface area contributed by atoms with Crippen molar-refractivity contribution >= 4 is 34.5 Å². The van der Waals surface area contributed by atoms with Crippen LogP contribution in [0.4, 0.5) is 23.7 Å². The van der Waals surface area contributed by atoms with Crippen LogP contribution in [0.1, 0.15) is 29.0 Å². The molecule has 2 aliphatic rings. The third-order valence-corrected chi connectivity index (χ3v) is 6.05. The van der Waals surface area contributed by atoms with Gasteiger partial charge in [0.15, 0.2) is 0 Å². The zero-order valence-corrected chi connectivity index (χ0v) is 16.4. The quantitative estimate of drug-likeness (QED) is 0.745. The molecule has 2 unspecified atom stereocenters. The van der Waals surface area contributed by atoms with Gasteiger partial charge < -0.3 is 5.32 Å². The van der Waals surface area contributed by atoms with Crippen LogP contribution in [0.25, 0.3) is 0 Å². The van der Waals surface area contributed by atoms with E-state index in [0.29, 0.717) is 12.1 Å². The first kappa shape index (κ1) is 20.5. The molecule has 0 aromatic heterocycles. The molecule has 2 aromatic carbocycles. The number of halogens is 3. The van der Waals surface area contributed by atoms with E-state index in [4.69, 9.17) is 0 Å². The number of imide groups is 1. The third kappa shape index (κ3) is 4.35. The maximum Gasteiger partial charge on any atom is 0.416 e. The van der Waals surface area contributed by atoms with E-state index < -0.39 is 11.7 Å². The Balaban J connectivity index is 1.32. The monoisotopic (exact) mass is 434 g/mol. The molecule has 1 N–H and O–H groups in total. The predicted octanol–water partition coefficient (Wildman–Crippen LogP) is 4.64. The molecule has 2 fully saturated rings. The Kier molecular flexibility index (Phi) is 5.31. The van der Waals surface area contributed by atoms with E-state index >= 15 is 0 Å². The van der Waals surface area contributed by atoms with Gasteiger partial charge in [-0.2, -0.15) is 13.2 Å². The van der Waals surface area contributed by atoms with Crippen LogP contribution in [-0.4, -0.2) is 27.7 Å². The normalized spacial score (nSPS) is 21.1. The largest absolute Gasteiger partial charge is 0.416 e. The van der Waals surface area contributed by atoms with Crippen molar-refractivity contribution in [2.24, 2.45) is 5.92 Å². The average Bonchev–Trinajstić information content (AvgIpc) is 3.46. The first-order valence-electron chi connectivity index (χ1n) is 9.26. The molecule has 9 heteroatoms. The molecule has 1 aliphatic carbocycles. The average molecular weight is 434 g/mol. The fourth-order valence-electron chi connectivity index (χ4n) is 3.42. The molecule has 4 rings (SSSR count). The number of hydrogen-bond acceptors (Lipinski definition) is 4. The Morgan fingerprint density at radius 1 is 1.07 bits per heavy atom. The van der Waals surface area contributed by atoms with Crippen molar-refractivity contribution in [3.05, 3.63) is 65.2 Å². The molecule has 1 saturated carbocycles. The lowest BCUT2D eigenvalue weighted by Crippen LogP contribution is -2.27. The van der Waals surface area contributed by atoms with E-state index in [9.17, 15) is 27.6 Å². The van der Waals surface area contributed by atoms with Gasteiger partial charge >= 0.3 is 6.18 Å². The number of amides is 3. The number of carbonyl (C=O) groups is 3. The van der Waals surface area contributed by atoms with Gasteiger partial charge in [0.05, 0.1) is 17.9 Å². The minimum absolute atomic E-state index is 0.0868. The molecular formula is C21H17F3N2O3S. The van der Waals surface area contributed by atoms with Crippen LogP contribution in [0.15, 0.2) is 48.5 Å². The molecule has 1 saturated heterocycles. The van der Waals surface area contributed by atoms with E-state index in [1.807, 2.05) is 0 Å². The molecule has 1 heterocycles. The number of anilines is 1. The van der Waals surface area contributed by atoms with Crippen LogP contribution < -0.4 is 5.32 Å². The summed E-state index contributed by atoms with van der Waals surface area (Å²) in [7, 11) is 0. The summed E-state index contributed by atoms with van der Waals surface area (Å²) in [6.07, 6.45) is -3.79. The van der Waals surface area contributed by atoms with Crippen LogP contribution in [0.3, 0.4) is 0 Å². The van der Waals surface area contributed by atoms with Gasteiger partial charge in [0.25, 0.3) is 5.24 Å². The number of thioether (sulfide) groups is 1. The standard InChI is InChI=1S/C21H17F3N2O3S/c22-21(23,24)14-5-3-13(4-6-14)16-9-17(16)19(28)25-15-7-1-12(2-8-15)10-26-18(27)11-30-20(26)29/h1-8,16-17H,9-11H2,(H,25,28). The lowest BCUT2D eigenvalue weighted by Gasteiger charge is -2.13. The van der Waals surface area contributed by atoms with E-state index in [1.165, 1.54) is 17.0 Å². The lowest BCUT2D eigenvalue weighted by molar-refractivity contribution is -0.137. The molecular weight excluding hydrogens is 417 g/mol. The zero-order chi connectivity index (χ0) is 21.5. The van der Waals surface area contributed by atoms with Crippen LogP contribution in [0.2, 0.25) is 0 Å². The van der Waals surface area contributed by atoms with Gasteiger partial charge in [0.2, 0.25) is 11.8 Å². The summed E-state index contributed by atoms with van der Waals surface area (Å²) < 4.78 is 38.0. The Morgan fingerprint density at radius 3 is 2.30 bits per heavy atom. The second-order valence-corrected chi connectivity index (χ2v) is 8.22.